The Bertz CT molecular complexity index is 405. The monoisotopic (exact) mass is 312 g/mol. The summed E-state index contributed by atoms with van der Waals surface area (Å²) in [5, 5.41) is 0. The molecule has 5 heteroatoms. The first-order valence-electron chi connectivity index (χ1n) is 7.33. The van der Waals surface area contributed by atoms with Gasteiger partial charge in [0.05, 0.1) is 0 Å². The molecule has 0 atom stereocenters. The van der Waals surface area contributed by atoms with Gasteiger partial charge < -0.3 is 18.0 Å². The average molecular weight is 312 g/mol. The third-order valence-corrected chi connectivity index (χ3v) is 6.55. The number of aryl methyl sites for hydroxylation is 1. The van der Waals surface area contributed by atoms with E-state index in [4.69, 9.17) is 18.0 Å². The van der Waals surface area contributed by atoms with Crippen molar-refractivity contribution in [3.63, 3.8) is 0 Å². The minimum absolute atomic E-state index is 0.133. The van der Waals surface area contributed by atoms with Crippen molar-refractivity contribution in [1.29, 1.82) is 0 Å². The van der Waals surface area contributed by atoms with E-state index in [9.17, 15) is 0 Å². The van der Waals surface area contributed by atoms with Crippen LogP contribution in [0.15, 0.2) is 24.3 Å². The number of hydrogen-bond acceptors (Lipinski definition) is 4. The highest BCUT2D eigenvalue weighted by Crippen LogP contribution is 2.23. The average Bonchev–Trinajstić information content (AvgIpc) is 2.50. The molecule has 0 aliphatic carbocycles. The molecule has 1 rings (SSSR count). The summed E-state index contributed by atoms with van der Waals surface area (Å²) in [5.41, 5.74) is 1.09. The van der Waals surface area contributed by atoms with E-state index in [0.717, 1.165) is 24.6 Å². The maximum Gasteiger partial charge on any atom is 0.500 e. The Hall–Kier alpha value is -0.883. The fraction of sp³-hybridized carbons (Fsp3) is 0.625. The van der Waals surface area contributed by atoms with E-state index in [0.29, 0.717) is 0 Å². The fourth-order valence-electron chi connectivity index (χ4n) is 1.97. The molecule has 0 N–H and O–H groups in total. The smallest absolute Gasteiger partial charge is 0.488 e. The zero-order valence-corrected chi connectivity index (χ0v) is 15.1. The predicted octanol–water partition coefficient (Wildman–Crippen LogP) is 3.67. The summed E-state index contributed by atoms with van der Waals surface area (Å²) in [6.07, 6.45) is 1.83. The summed E-state index contributed by atoms with van der Waals surface area (Å²) >= 11 is 0. The molecule has 0 saturated carbocycles. The van der Waals surface area contributed by atoms with Crippen LogP contribution >= 0.6 is 0 Å². The Kier molecular flexibility index (Phi) is 6.87. The second-order valence-corrected chi connectivity index (χ2v) is 8.75. The molecule has 0 aliphatic rings. The van der Waals surface area contributed by atoms with Crippen molar-refractivity contribution in [2.24, 2.45) is 0 Å². The van der Waals surface area contributed by atoms with Crippen LogP contribution < -0.4 is 4.74 Å². The van der Waals surface area contributed by atoms with Gasteiger partial charge in [0.15, 0.2) is 0 Å². The summed E-state index contributed by atoms with van der Waals surface area (Å²) in [6.45, 7) is 6.31. The van der Waals surface area contributed by atoms with E-state index in [1.54, 1.807) is 21.3 Å². The molecule has 21 heavy (non-hydrogen) atoms. The van der Waals surface area contributed by atoms with Gasteiger partial charge in [-0.1, -0.05) is 19.1 Å². The zero-order chi connectivity index (χ0) is 15.9. The van der Waals surface area contributed by atoms with Gasteiger partial charge in [-0.3, -0.25) is 0 Å². The molecule has 0 fully saturated rings. The molecule has 0 spiro atoms. The van der Waals surface area contributed by atoms with E-state index in [1.165, 1.54) is 5.56 Å². The first-order chi connectivity index (χ1) is 9.90. The highest BCUT2D eigenvalue weighted by Gasteiger charge is 2.37. The number of rotatable bonds is 9. The molecule has 0 bridgehead atoms. The molecule has 1 aromatic carbocycles. The third kappa shape index (κ3) is 5.43. The number of hydrogen-bond donors (Lipinski definition) is 0. The lowest BCUT2D eigenvalue weighted by Crippen LogP contribution is -2.43. The SMILES string of the molecule is CCC(C)(C)Oc1ccc(CC[Si](OC)(OC)OC)cc1. The van der Waals surface area contributed by atoms with E-state index in [-0.39, 0.29) is 5.60 Å². The van der Waals surface area contributed by atoms with Gasteiger partial charge in [-0.15, -0.1) is 0 Å². The topological polar surface area (TPSA) is 36.9 Å². The maximum atomic E-state index is 5.95. The van der Waals surface area contributed by atoms with Crippen molar-refractivity contribution in [3.05, 3.63) is 29.8 Å². The fourth-order valence-corrected chi connectivity index (χ4v) is 3.68. The summed E-state index contributed by atoms with van der Waals surface area (Å²) in [6, 6.07) is 8.96. The predicted molar refractivity (Wildman–Crippen MR) is 86.7 cm³/mol. The minimum Gasteiger partial charge on any atom is -0.488 e. The van der Waals surface area contributed by atoms with Crippen molar-refractivity contribution in [3.8, 4) is 5.75 Å². The van der Waals surface area contributed by atoms with Crippen LogP contribution in [0.1, 0.15) is 32.8 Å². The van der Waals surface area contributed by atoms with E-state index >= 15 is 0 Å². The van der Waals surface area contributed by atoms with Crippen molar-refractivity contribution >= 4 is 8.80 Å². The van der Waals surface area contributed by atoms with Gasteiger partial charge in [-0.25, -0.2) is 0 Å². The van der Waals surface area contributed by atoms with E-state index in [2.05, 4.69) is 32.9 Å². The molecule has 0 aliphatic heterocycles. The molecular formula is C16H28O4Si. The maximum absolute atomic E-state index is 5.95. The Balaban J connectivity index is 2.63. The highest BCUT2D eigenvalue weighted by molar-refractivity contribution is 6.60. The van der Waals surface area contributed by atoms with Gasteiger partial charge in [0, 0.05) is 27.4 Å². The first kappa shape index (κ1) is 18.2. The van der Waals surface area contributed by atoms with Crippen LogP contribution in [0, 0.1) is 0 Å². The molecule has 0 heterocycles. The minimum atomic E-state index is -2.49. The number of ether oxygens (including phenoxy) is 1. The van der Waals surface area contributed by atoms with Crippen LogP contribution in [0.2, 0.25) is 6.04 Å². The van der Waals surface area contributed by atoms with Gasteiger partial charge in [0.1, 0.15) is 11.4 Å². The summed E-state index contributed by atoms with van der Waals surface area (Å²) in [5.74, 6) is 0.902. The largest absolute Gasteiger partial charge is 0.500 e. The van der Waals surface area contributed by atoms with Crippen molar-refractivity contribution in [2.75, 3.05) is 21.3 Å². The Labute approximate surface area is 129 Å². The molecule has 120 valence electrons. The standard InChI is InChI=1S/C16H28O4Si/c1-7-16(2,3)20-15-10-8-14(9-11-15)12-13-21(17-4,18-5)19-6/h8-11H,7,12-13H2,1-6H3. The molecule has 4 nitrogen and oxygen atoms in total. The molecule has 0 unspecified atom stereocenters. The second-order valence-electron chi connectivity index (χ2n) is 5.65. The van der Waals surface area contributed by atoms with Crippen LogP contribution in [0.5, 0.6) is 5.75 Å². The van der Waals surface area contributed by atoms with Crippen LogP contribution in [-0.4, -0.2) is 35.7 Å². The lowest BCUT2D eigenvalue weighted by atomic mass is 10.1. The normalized spacial score (nSPS) is 12.5. The lowest BCUT2D eigenvalue weighted by molar-refractivity contribution is 0.105. The Morgan fingerprint density at radius 3 is 1.90 bits per heavy atom. The van der Waals surface area contributed by atoms with Gasteiger partial charge in [0.25, 0.3) is 0 Å². The second kappa shape index (κ2) is 7.94. The Morgan fingerprint density at radius 2 is 1.48 bits per heavy atom. The first-order valence-corrected chi connectivity index (χ1v) is 9.27. The molecule has 0 radical (unpaired) electrons. The van der Waals surface area contributed by atoms with E-state index in [1.807, 2.05) is 12.1 Å². The molecule has 0 saturated heterocycles. The quantitative estimate of drug-likeness (QED) is 0.652. The highest BCUT2D eigenvalue weighted by atomic mass is 28.4. The van der Waals surface area contributed by atoms with Crippen molar-refractivity contribution in [2.45, 2.75) is 45.3 Å². The van der Waals surface area contributed by atoms with Gasteiger partial charge in [0.2, 0.25) is 0 Å². The van der Waals surface area contributed by atoms with Crippen molar-refractivity contribution < 1.29 is 18.0 Å². The van der Waals surface area contributed by atoms with Crippen LogP contribution in [0.25, 0.3) is 0 Å². The van der Waals surface area contributed by atoms with Crippen molar-refractivity contribution in [1.82, 2.24) is 0 Å². The Morgan fingerprint density at radius 1 is 0.952 bits per heavy atom. The third-order valence-electron chi connectivity index (χ3n) is 3.82. The van der Waals surface area contributed by atoms with Crippen LogP contribution in [0.4, 0.5) is 0 Å². The lowest BCUT2D eigenvalue weighted by Gasteiger charge is -2.25. The molecule has 1 aromatic rings. The van der Waals surface area contributed by atoms with Gasteiger partial charge in [-0.2, -0.15) is 0 Å². The van der Waals surface area contributed by atoms with Crippen LogP contribution in [0.3, 0.4) is 0 Å². The number of benzene rings is 1. The zero-order valence-electron chi connectivity index (χ0n) is 14.1. The summed E-state index contributed by atoms with van der Waals surface area (Å²) in [7, 11) is 2.44. The summed E-state index contributed by atoms with van der Waals surface area (Å²) in [4.78, 5) is 0. The van der Waals surface area contributed by atoms with E-state index < -0.39 is 8.80 Å². The van der Waals surface area contributed by atoms with Gasteiger partial charge in [-0.05, 0) is 44.4 Å². The summed E-state index contributed by atoms with van der Waals surface area (Å²) < 4.78 is 22.2. The molecular weight excluding hydrogens is 284 g/mol. The molecule has 0 aromatic heterocycles. The van der Waals surface area contributed by atoms with Crippen LogP contribution in [-0.2, 0) is 19.7 Å². The van der Waals surface area contributed by atoms with Gasteiger partial charge >= 0.3 is 8.80 Å². The molecule has 0 amide bonds.